The van der Waals surface area contributed by atoms with Crippen molar-refractivity contribution in [3.8, 4) is 0 Å². The molecule has 1 amide bonds. The number of hydrogen-bond donors (Lipinski definition) is 2. The number of hydrogen-bond acceptors (Lipinski definition) is 3. The highest BCUT2D eigenvalue weighted by Gasteiger charge is 2.33. The van der Waals surface area contributed by atoms with Crippen LogP contribution in [-0.2, 0) is 4.79 Å². The molecule has 0 aliphatic heterocycles. The highest BCUT2D eigenvalue weighted by molar-refractivity contribution is 5.93. The topological polar surface area (TPSA) is 58.4 Å². The quantitative estimate of drug-likeness (QED) is 0.848. The van der Waals surface area contributed by atoms with Gasteiger partial charge in [-0.3, -0.25) is 9.69 Å². The van der Waals surface area contributed by atoms with Gasteiger partial charge >= 0.3 is 0 Å². The highest BCUT2D eigenvalue weighted by atomic mass is 35.5. The summed E-state index contributed by atoms with van der Waals surface area (Å²) in [6, 6.07) is 6.42. The van der Waals surface area contributed by atoms with Gasteiger partial charge in [-0.2, -0.15) is 0 Å². The maximum Gasteiger partial charge on any atom is 0.238 e. The SMILES string of the molecule is Cc1ccc(C)c(NC(=O)CN(C)C(CN)C2CC2)c1.Cl. The molecule has 118 valence electrons. The number of carbonyl (C=O) groups excluding carboxylic acids is 1. The number of amides is 1. The van der Waals surface area contributed by atoms with Crippen LogP contribution in [0.15, 0.2) is 18.2 Å². The molecular weight excluding hydrogens is 286 g/mol. The van der Waals surface area contributed by atoms with E-state index in [1.807, 2.05) is 33.0 Å². The van der Waals surface area contributed by atoms with E-state index in [4.69, 9.17) is 5.73 Å². The molecule has 0 radical (unpaired) electrons. The first-order valence-corrected chi connectivity index (χ1v) is 7.28. The van der Waals surface area contributed by atoms with Crippen LogP contribution < -0.4 is 11.1 Å². The molecular formula is C16H26ClN3O. The van der Waals surface area contributed by atoms with Gasteiger partial charge in [0.2, 0.25) is 5.91 Å². The Kier molecular flexibility index (Phi) is 6.65. The van der Waals surface area contributed by atoms with E-state index in [0.29, 0.717) is 25.0 Å². The van der Waals surface area contributed by atoms with Crippen LogP contribution in [0.5, 0.6) is 0 Å². The van der Waals surface area contributed by atoms with Crippen molar-refractivity contribution in [1.29, 1.82) is 0 Å². The number of benzene rings is 1. The van der Waals surface area contributed by atoms with Crippen LogP contribution in [-0.4, -0.2) is 37.0 Å². The Balaban J connectivity index is 0.00000220. The minimum absolute atomic E-state index is 0. The van der Waals surface area contributed by atoms with E-state index in [0.717, 1.165) is 16.8 Å². The minimum atomic E-state index is 0. The number of nitrogens with one attached hydrogen (secondary N) is 1. The number of nitrogens with zero attached hydrogens (tertiary/aromatic N) is 1. The van der Waals surface area contributed by atoms with Gasteiger partial charge in [0.25, 0.3) is 0 Å². The van der Waals surface area contributed by atoms with E-state index in [1.165, 1.54) is 12.8 Å². The molecule has 1 aliphatic carbocycles. The van der Waals surface area contributed by atoms with Crippen LogP contribution in [0.25, 0.3) is 0 Å². The Morgan fingerprint density at radius 1 is 1.43 bits per heavy atom. The average Bonchev–Trinajstić information content (AvgIpc) is 3.19. The summed E-state index contributed by atoms with van der Waals surface area (Å²) in [5.41, 5.74) is 8.95. The van der Waals surface area contributed by atoms with Gasteiger partial charge in [0.1, 0.15) is 0 Å². The Bertz CT molecular complexity index is 488. The van der Waals surface area contributed by atoms with Gasteiger partial charge in [0.05, 0.1) is 6.54 Å². The Morgan fingerprint density at radius 2 is 2.10 bits per heavy atom. The third kappa shape index (κ3) is 4.99. The lowest BCUT2D eigenvalue weighted by molar-refractivity contribution is -0.117. The first-order chi connectivity index (χ1) is 9.51. The van der Waals surface area contributed by atoms with Crippen LogP contribution in [0, 0.1) is 19.8 Å². The molecule has 1 unspecified atom stereocenters. The van der Waals surface area contributed by atoms with Crippen molar-refractivity contribution in [3.63, 3.8) is 0 Å². The standard InChI is InChI=1S/C16H25N3O.ClH/c1-11-4-5-12(2)14(8-11)18-16(20)10-19(3)15(9-17)13-6-7-13;/h4-5,8,13,15H,6-7,9-10,17H2,1-3H3,(H,18,20);1H. The molecule has 0 saturated heterocycles. The third-order valence-electron chi connectivity index (χ3n) is 4.03. The lowest BCUT2D eigenvalue weighted by Crippen LogP contribution is -2.43. The maximum atomic E-state index is 12.2. The molecule has 1 fully saturated rings. The van der Waals surface area contributed by atoms with E-state index < -0.39 is 0 Å². The summed E-state index contributed by atoms with van der Waals surface area (Å²) in [4.78, 5) is 14.2. The van der Waals surface area contributed by atoms with Crippen LogP contribution in [0.2, 0.25) is 0 Å². The number of anilines is 1. The van der Waals surface area contributed by atoms with E-state index in [2.05, 4.69) is 16.3 Å². The molecule has 1 aromatic rings. The predicted molar refractivity (Wildman–Crippen MR) is 90.0 cm³/mol. The van der Waals surface area contributed by atoms with Gasteiger partial charge in [-0.15, -0.1) is 12.4 Å². The first-order valence-electron chi connectivity index (χ1n) is 7.28. The predicted octanol–water partition coefficient (Wildman–Crippen LogP) is 2.33. The second kappa shape index (κ2) is 7.78. The van der Waals surface area contributed by atoms with Crippen molar-refractivity contribution in [1.82, 2.24) is 4.90 Å². The number of rotatable bonds is 6. The molecule has 0 aromatic heterocycles. The van der Waals surface area contributed by atoms with Crippen molar-refractivity contribution < 1.29 is 4.79 Å². The van der Waals surface area contributed by atoms with Gasteiger partial charge in [-0.1, -0.05) is 12.1 Å². The summed E-state index contributed by atoms with van der Waals surface area (Å²) in [6.45, 7) is 5.05. The zero-order valence-corrected chi connectivity index (χ0v) is 13.9. The molecule has 0 heterocycles. The normalized spacial score (nSPS) is 15.5. The van der Waals surface area contributed by atoms with Crippen molar-refractivity contribution in [2.75, 3.05) is 25.5 Å². The maximum absolute atomic E-state index is 12.2. The van der Waals surface area contributed by atoms with Crippen molar-refractivity contribution in [3.05, 3.63) is 29.3 Å². The van der Waals surface area contributed by atoms with E-state index in [1.54, 1.807) is 0 Å². The number of carbonyl (C=O) groups is 1. The second-order valence-electron chi connectivity index (χ2n) is 5.92. The Morgan fingerprint density at radius 3 is 2.67 bits per heavy atom. The average molecular weight is 312 g/mol. The van der Waals surface area contributed by atoms with Crippen LogP contribution in [0.1, 0.15) is 24.0 Å². The van der Waals surface area contributed by atoms with Crippen molar-refractivity contribution in [2.24, 2.45) is 11.7 Å². The molecule has 1 aliphatic rings. The van der Waals surface area contributed by atoms with E-state index in [-0.39, 0.29) is 18.3 Å². The smallest absolute Gasteiger partial charge is 0.238 e. The lowest BCUT2D eigenvalue weighted by atomic mass is 10.1. The summed E-state index contributed by atoms with van der Waals surface area (Å²) in [5, 5.41) is 3.00. The number of nitrogens with two attached hydrogens (primary N) is 1. The zero-order chi connectivity index (χ0) is 14.7. The summed E-state index contributed by atoms with van der Waals surface area (Å²) < 4.78 is 0. The molecule has 1 atom stereocenters. The zero-order valence-electron chi connectivity index (χ0n) is 13.1. The summed E-state index contributed by atoms with van der Waals surface area (Å²) in [7, 11) is 1.98. The van der Waals surface area contributed by atoms with E-state index >= 15 is 0 Å². The molecule has 3 N–H and O–H groups in total. The monoisotopic (exact) mass is 311 g/mol. The van der Waals surface area contributed by atoms with Gasteiger partial charge in [0, 0.05) is 18.3 Å². The number of halogens is 1. The van der Waals surface area contributed by atoms with Crippen molar-refractivity contribution in [2.45, 2.75) is 32.7 Å². The van der Waals surface area contributed by atoms with Crippen LogP contribution in [0.4, 0.5) is 5.69 Å². The largest absolute Gasteiger partial charge is 0.329 e. The molecule has 0 bridgehead atoms. The van der Waals surface area contributed by atoms with Gasteiger partial charge < -0.3 is 11.1 Å². The number of likely N-dealkylation sites (N-methyl/N-ethyl adjacent to an activating group) is 1. The fraction of sp³-hybridized carbons (Fsp3) is 0.562. The summed E-state index contributed by atoms with van der Waals surface area (Å²) in [6.07, 6.45) is 2.48. The second-order valence-corrected chi connectivity index (χ2v) is 5.92. The van der Waals surface area contributed by atoms with Gasteiger partial charge in [-0.25, -0.2) is 0 Å². The lowest BCUT2D eigenvalue weighted by Gasteiger charge is -2.26. The molecule has 2 rings (SSSR count). The van der Waals surface area contributed by atoms with E-state index in [9.17, 15) is 4.79 Å². The molecule has 1 saturated carbocycles. The Hall–Kier alpha value is -1.10. The van der Waals surface area contributed by atoms with Crippen molar-refractivity contribution >= 4 is 24.0 Å². The van der Waals surface area contributed by atoms with Crippen LogP contribution >= 0.6 is 12.4 Å². The molecule has 5 heteroatoms. The molecule has 1 aromatic carbocycles. The number of aryl methyl sites for hydroxylation is 2. The molecule has 0 spiro atoms. The molecule has 4 nitrogen and oxygen atoms in total. The first kappa shape index (κ1) is 18.0. The van der Waals surface area contributed by atoms with Crippen LogP contribution in [0.3, 0.4) is 0 Å². The highest BCUT2D eigenvalue weighted by Crippen LogP contribution is 2.34. The summed E-state index contributed by atoms with van der Waals surface area (Å²) >= 11 is 0. The third-order valence-corrected chi connectivity index (χ3v) is 4.03. The summed E-state index contributed by atoms with van der Waals surface area (Å²) in [5.74, 6) is 0.707. The minimum Gasteiger partial charge on any atom is -0.329 e. The Labute approximate surface area is 133 Å². The van der Waals surface area contributed by atoms with Gasteiger partial charge in [-0.05, 0) is 56.8 Å². The molecule has 21 heavy (non-hydrogen) atoms. The fourth-order valence-electron chi connectivity index (χ4n) is 2.62. The van der Waals surface area contributed by atoms with Gasteiger partial charge in [0.15, 0.2) is 0 Å². The fourth-order valence-corrected chi connectivity index (χ4v) is 2.62.